The summed E-state index contributed by atoms with van der Waals surface area (Å²) >= 11 is 5.92. The van der Waals surface area contributed by atoms with Crippen molar-refractivity contribution in [2.45, 2.75) is 12.5 Å². The predicted octanol–water partition coefficient (Wildman–Crippen LogP) is 2.52. The van der Waals surface area contributed by atoms with E-state index >= 15 is 0 Å². The van der Waals surface area contributed by atoms with Crippen LogP contribution in [0.15, 0.2) is 18.2 Å². The van der Waals surface area contributed by atoms with Crippen LogP contribution in [0.3, 0.4) is 0 Å². The molecule has 0 radical (unpaired) electrons. The van der Waals surface area contributed by atoms with Crippen LogP contribution in [0.5, 0.6) is 0 Å². The molecular weight excluding hydrogens is 205 g/mol. The molecule has 4 heteroatoms. The third kappa shape index (κ3) is 2.67. The molecule has 14 heavy (non-hydrogen) atoms. The number of hydrogen-bond acceptors (Lipinski definition) is 2. The van der Waals surface area contributed by atoms with Crippen molar-refractivity contribution in [3.05, 3.63) is 34.6 Å². The molecule has 0 aromatic heterocycles. The highest BCUT2D eigenvalue weighted by Crippen LogP contribution is 2.27. The van der Waals surface area contributed by atoms with Crippen molar-refractivity contribution in [2.75, 3.05) is 13.7 Å². The number of methoxy groups -OCH3 is 1. The van der Waals surface area contributed by atoms with Crippen molar-refractivity contribution in [3.8, 4) is 0 Å². The summed E-state index contributed by atoms with van der Waals surface area (Å²) in [6.45, 7) is 0.478. The Morgan fingerprint density at radius 2 is 2.29 bits per heavy atom. The smallest absolute Gasteiger partial charge is 0.123 e. The van der Waals surface area contributed by atoms with Gasteiger partial charge in [0.1, 0.15) is 5.82 Å². The minimum Gasteiger partial charge on any atom is -0.377 e. The average molecular weight is 218 g/mol. The quantitative estimate of drug-likeness (QED) is 0.841. The summed E-state index contributed by atoms with van der Waals surface area (Å²) < 4.78 is 18.1. The molecule has 78 valence electrons. The van der Waals surface area contributed by atoms with Crippen LogP contribution in [0.4, 0.5) is 4.39 Å². The molecule has 0 aliphatic carbocycles. The van der Waals surface area contributed by atoms with E-state index in [1.165, 1.54) is 18.2 Å². The maximum atomic E-state index is 12.9. The first-order valence-corrected chi connectivity index (χ1v) is 4.74. The van der Waals surface area contributed by atoms with Crippen molar-refractivity contribution in [3.63, 3.8) is 0 Å². The minimum atomic E-state index is -0.316. The first-order valence-electron chi connectivity index (χ1n) is 4.37. The molecule has 0 saturated carbocycles. The van der Waals surface area contributed by atoms with Gasteiger partial charge >= 0.3 is 0 Å². The van der Waals surface area contributed by atoms with E-state index in [1.807, 2.05) is 0 Å². The fraction of sp³-hybridized carbons (Fsp3) is 0.400. The highest BCUT2D eigenvalue weighted by atomic mass is 35.5. The van der Waals surface area contributed by atoms with Crippen LogP contribution in [0.25, 0.3) is 0 Å². The van der Waals surface area contributed by atoms with Gasteiger partial charge in [0.25, 0.3) is 0 Å². The number of rotatable bonds is 4. The fourth-order valence-corrected chi connectivity index (χ4v) is 1.55. The Hall–Kier alpha value is -0.640. The zero-order chi connectivity index (χ0) is 10.6. The van der Waals surface area contributed by atoms with Crippen LogP contribution in [0, 0.1) is 5.82 Å². The Kier molecular flexibility index (Phi) is 4.32. The summed E-state index contributed by atoms with van der Waals surface area (Å²) in [7, 11) is 1.56. The molecule has 0 amide bonds. The molecule has 1 atom stereocenters. The van der Waals surface area contributed by atoms with E-state index in [4.69, 9.17) is 22.1 Å². The van der Waals surface area contributed by atoms with E-state index in [9.17, 15) is 4.39 Å². The second-order valence-corrected chi connectivity index (χ2v) is 3.37. The van der Waals surface area contributed by atoms with Gasteiger partial charge < -0.3 is 10.5 Å². The molecule has 2 N–H and O–H groups in total. The van der Waals surface area contributed by atoms with E-state index in [0.717, 1.165) is 0 Å². The maximum absolute atomic E-state index is 12.9. The minimum absolute atomic E-state index is 0.233. The molecule has 0 bridgehead atoms. The molecule has 0 spiro atoms. The summed E-state index contributed by atoms with van der Waals surface area (Å²) in [5.41, 5.74) is 6.07. The second-order valence-electron chi connectivity index (χ2n) is 2.97. The zero-order valence-corrected chi connectivity index (χ0v) is 8.72. The van der Waals surface area contributed by atoms with E-state index in [2.05, 4.69) is 0 Å². The first kappa shape index (κ1) is 11.4. The molecule has 1 aromatic carbocycles. The number of hydrogen-bond donors (Lipinski definition) is 1. The van der Waals surface area contributed by atoms with Crippen molar-refractivity contribution in [2.24, 2.45) is 5.73 Å². The van der Waals surface area contributed by atoms with Crippen molar-refractivity contribution in [1.29, 1.82) is 0 Å². The van der Waals surface area contributed by atoms with Crippen LogP contribution in [-0.2, 0) is 4.74 Å². The summed E-state index contributed by atoms with van der Waals surface area (Å²) in [5, 5.41) is 0.506. The van der Waals surface area contributed by atoms with Gasteiger partial charge in [-0.15, -0.1) is 0 Å². The molecule has 1 aromatic rings. The first-order chi connectivity index (χ1) is 6.69. The Bertz CT molecular complexity index is 306. The van der Waals surface area contributed by atoms with Crippen LogP contribution >= 0.6 is 11.6 Å². The predicted molar refractivity (Wildman–Crippen MR) is 54.8 cm³/mol. The van der Waals surface area contributed by atoms with E-state index in [-0.39, 0.29) is 11.9 Å². The fourth-order valence-electron chi connectivity index (χ4n) is 1.31. The number of benzene rings is 1. The van der Waals surface area contributed by atoms with Gasteiger partial charge in [0.2, 0.25) is 0 Å². The monoisotopic (exact) mass is 217 g/mol. The van der Waals surface area contributed by atoms with Gasteiger partial charge in [-0.05, 0) is 31.2 Å². The Morgan fingerprint density at radius 1 is 1.57 bits per heavy atom. The van der Waals surface area contributed by atoms with Crippen LogP contribution in [-0.4, -0.2) is 13.7 Å². The molecule has 0 aliphatic rings. The summed E-state index contributed by atoms with van der Waals surface area (Å²) in [5.74, 6) is -0.316. The maximum Gasteiger partial charge on any atom is 0.123 e. The highest BCUT2D eigenvalue weighted by Gasteiger charge is 2.13. The van der Waals surface area contributed by atoms with Crippen molar-refractivity contribution in [1.82, 2.24) is 0 Å². The second kappa shape index (κ2) is 5.29. The molecule has 0 heterocycles. The molecule has 2 nitrogen and oxygen atoms in total. The largest absolute Gasteiger partial charge is 0.377 e. The van der Waals surface area contributed by atoms with Crippen LogP contribution < -0.4 is 5.73 Å². The Labute approximate surface area is 87.8 Å². The summed E-state index contributed by atoms with van der Waals surface area (Å²) in [4.78, 5) is 0. The third-order valence-corrected chi connectivity index (χ3v) is 2.36. The normalized spacial score (nSPS) is 12.9. The van der Waals surface area contributed by atoms with Crippen molar-refractivity contribution < 1.29 is 9.13 Å². The van der Waals surface area contributed by atoms with Crippen molar-refractivity contribution >= 4 is 11.6 Å². The van der Waals surface area contributed by atoms with Gasteiger partial charge in [-0.1, -0.05) is 11.6 Å². The number of nitrogens with two attached hydrogens (primary N) is 1. The van der Waals surface area contributed by atoms with Gasteiger partial charge in [-0.25, -0.2) is 4.39 Å². The van der Waals surface area contributed by atoms with Crippen LogP contribution in [0.2, 0.25) is 5.02 Å². The number of halogens is 2. The van der Waals surface area contributed by atoms with Gasteiger partial charge in [0.05, 0.1) is 6.10 Å². The molecule has 1 unspecified atom stereocenters. The van der Waals surface area contributed by atoms with E-state index < -0.39 is 0 Å². The van der Waals surface area contributed by atoms with E-state index in [1.54, 1.807) is 7.11 Å². The lowest BCUT2D eigenvalue weighted by Gasteiger charge is -2.16. The molecule has 0 fully saturated rings. The van der Waals surface area contributed by atoms with Gasteiger partial charge in [-0.2, -0.15) is 0 Å². The lowest BCUT2D eigenvalue weighted by Crippen LogP contribution is -2.09. The zero-order valence-electron chi connectivity index (χ0n) is 7.97. The van der Waals surface area contributed by atoms with Crippen LogP contribution in [0.1, 0.15) is 18.1 Å². The lowest BCUT2D eigenvalue weighted by molar-refractivity contribution is 0.0976. The summed E-state index contributed by atoms with van der Waals surface area (Å²) in [6, 6.07) is 4.22. The molecule has 1 rings (SSSR count). The Balaban J connectivity index is 2.96. The Morgan fingerprint density at radius 3 is 2.86 bits per heavy atom. The molecule has 0 saturated heterocycles. The number of ether oxygens (including phenoxy) is 1. The standard InChI is InChI=1S/C10H13ClFNO/c1-14-10(4-5-13)8-6-7(12)2-3-9(8)11/h2-3,6,10H,4-5,13H2,1H3. The van der Waals surface area contributed by atoms with E-state index in [0.29, 0.717) is 23.6 Å². The topological polar surface area (TPSA) is 35.2 Å². The van der Waals surface area contributed by atoms with Gasteiger partial charge in [0, 0.05) is 17.7 Å². The third-order valence-electron chi connectivity index (χ3n) is 2.02. The molecular formula is C10H13ClFNO. The van der Waals surface area contributed by atoms with Gasteiger partial charge in [-0.3, -0.25) is 0 Å². The SMILES string of the molecule is COC(CCN)c1cc(F)ccc1Cl. The lowest BCUT2D eigenvalue weighted by atomic mass is 10.1. The average Bonchev–Trinajstić information content (AvgIpc) is 2.18. The van der Waals surface area contributed by atoms with Gasteiger partial charge in [0.15, 0.2) is 0 Å². The highest BCUT2D eigenvalue weighted by molar-refractivity contribution is 6.31. The molecule has 0 aliphatic heterocycles. The summed E-state index contributed by atoms with van der Waals surface area (Å²) in [6.07, 6.45) is 0.392.